The lowest BCUT2D eigenvalue weighted by molar-refractivity contribution is -0.113. The summed E-state index contributed by atoms with van der Waals surface area (Å²) in [5.74, 6) is -0.251. The molecule has 5 heteroatoms. The van der Waals surface area contributed by atoms with Gasteiger partial charge in [0, 0.05) is 21.7 Å². The molecule has 126 valence electrons. The molecule has 0 bridgehead atoms. The third-order valence-electron chi connectivity index (χ3n) is 4.52. The predicted molar refractivity (Wildman–Crippen MR) is 101 cm³/mol. The summed E-state index contributed by atoms with van der Waals surface area (Å²) in [4.78, 5) is 12.4. The van der Waals surface area contributed by atoms with E-state index < -0.39 is 0 Å². The maximum Gasteiger partial charge on any atom is 0.251 e. The smallest absolute Gasteiger partial charge is 0.251 e. The molecule has 0 aliphatic heterocycles. The van der Waals surface area contributed by atoms with Gasteiger partial charge in [0.1, 0.15) is 6.07 Å². The third-order valence-corrected chi connectivity index (χ3v) is 5.16. The number of hydrogen-bond donors (Lipinski definition) is 1. The molecule has 0 aromatic heterocycles. The summed E-state index contributed by atoms with van der Waals surface area (Å²) in [6, 6.07) is 14.5. The first-order chi connectivity index (χ1) is 11.9. The van der Waals surface area contributed by atoms with Crippen molar-refractivity contribution in [1.29, 1.82) is 5.26 Å². The van der Waals surface area contributed by atoms with E-state index >= 15 is 0 Å². The normalized spacial score (nSPS) is 14.4. The predicted octanol–water partition coefficient (Wildman–Crippen LogP) is 5.48. The molecule has 1 saturated carbocycles. The lowest BCUT2D eigenvalue weighted by atomic mass is 9.89. The monoisotopic (exact) mass is 370 g/mol. The van der Waals surface area contributed by atoms with E-state index in [-0.39, 0.29) is 11.3 Å². The van der Waals surface area contributed by atoms with Crippen molar-refractivity contribution in [3.63, 3.8) is 0 Å². The van der Waals surface area contributed by atoms with E-state index in [1.165, 1.54) is 0 Å². The summed E-state index contributed by atoms with van der Waals surface area (Å²) < 4.78 is 0. The van der Waals surface area contributed by atoms with Crippen molar-refractivity contribution in [2.45, 2.75) is 24.7 Å². The molecule has 3 nitrogen and oxygen atoms in total. The maximum atomic E-state index is 12.4. The van der Waals surface area contributed by atoms with Gasteiger partial charge in [0.05, 0.1) is 10.6 Å². The number of halogens is 2. The second-order valence-electron chi connectivity index (χ2n) is 6.30. The van der Waals surface area contributed by atoms with Crippen LogP contribution in [-0.4, -0.2) is 5.91 Å². The Labute approximate surface area is 156 Å². The Bertz CT molecular complexity index is 895. The number of anilines is 1. The summed E-state index contributed by atoms with van der Waals surface area (Å²) in [7, 11) is 0. The molecule has 0 unspecified atom stereocenters. The first kappa shape index (κ1) is 17.5. The number of hydrogen-bond acceptors (Lipinski definition) is 2. The van der Waals surface area contributed by atoms with Crippen molar-refractivity contribution >= 4 is 34.8 Å². The molecule has 0 radical (unpaired) electrons. The van der Waals surface area contributed by atoms with Gasteiger partial charge in [-0.25, -0.2) is 0 Å². The Kier molecular flexibility index (Phi) is 4.85. The zero-order chi connectivity index (χ0) is 18.0. The fourth-order valence-corrected chi connectivity index (χ4v) is 3.53. The number of benzene rings is 2. The van der Waals surface area contributed by atoms with E-state index in [0.29, 0.717) is 28.3 Å². The highest BCUT2D eigenvalue weighted by molar-refractivity contribution is 6.32. The quantitative estimate of drug-likeness (QED) is 0.708. The molecule has 2 aromatic rings. The maximum absolute atomic E-state index is 12.4. The molecule has 0 atom stereocenters. The van der Waals surface area contributed by atoms with E-state index in [1.54, 1.807) is 18.2 Å². The molecule has 3 rings (SSSR count). The van der Waals surface area contributed by atoms with E-state index in [9.17, 15) is 4.79 Å². The van der Waals surface area contributed by atoms with Crippen molar-refractivity contribution in [3.8, 4) is 6.07 Å². The fraction of sp³-hybridized carbons (Fsp3) is 0.200. The van der Waals surface area contributed by atoms with Gasteiger partial charge in [0.15, 0.2) is 0 Å². The second kappa shape index (κ2) is 6.92. The SMILES string of the molecule is C=C(CC1(c2ccccc2Cl)CC1)C(=O)Nc1ccc(C#N)c(Cl)c1. The Balaban J connectivity index is 1.70. The van der Waals surface area contributed by atoms with Crippen molar-refractivity contribution in [2.75, 3.05) is 5.32 Å². The zero-order valence-electron chi connectivity index (χ0n) is 13.5. The first-order valence-corrected chi connectivity index (χ1v) is 8.64. The minimum atomic E-state index is -0.251. The van der Waals surface area contributed by atoms with E-state index in [2.05, 4.69) is 11.9 Å². The van der Waals surface area contributed by atoms with Gasteiger partial charge in [0.2, 0.25) is 0 Å². The lowest BCUT2D eigenvalue weighted by Crippen LogP contribution is -2.18. The van der Waals surface area contributed by atoms with Gasteiger partial charge in [-0.2, -0.15) is 5.26 Å². The Hall–Kier alpha value is -2.28. The van der Waals surface area contributed by atoms with E-state index in [4.69, 9.17) is 28.5 Å². The number of carbonyl (C=O) groups is 1. The van der Waals surface area contributed by atoms with Crippen molar-refractivity contribution < 1.29 is 4.79 Å². The summed E-state index contributed by atoms with van der Waals surface area (Å²) >= 11 is 12.3. The average Bonchev–Trinajstić information content (AvgIpc) is 3.35. The number of nitriles is 1. The summed E-state index contributed by atoms with van der Waals surface area (Å²) in [5, 5.41) is 12.7. The summed E-state index contributed by atoms with van der Waals surface area (Å²) in [5.41, 5.74) is 2.39. The van der Waals surface area contributed by atoms with E-state index in [1.807, 2.05) is 30.3 Å². The van der Waals surface area contributed by atoms with Crippen molar-refractivity contribution in [2.24, 2.45) is 0 Å². The van der Waals surface area contributed by atoms with Crippen LogP contribution in [0.1, 0.15) is 30.4 Å². The van der Waals surface area contributed by atoms with Crippen LogP contribution in [0, 0.1) is 11.3 Å². The van der Waals surface area contributed by atoms with Crippen LogP contribution in [-0.2, 0) is 10.2 Å². The minimum Gasteiger partial charge on any atom is -0.322 e. The molecular formula is C20H16Cl2N2O. The van der Waals surface area contributed by atoms with Gasteiger partial charge >= 0.3 is 0 Å². The van der Waals surface area contributed by atoms with Gasteiger partial charge in [-0.3, -0.25) is 4.79 Å². The van der Waals surface area contributed by atoms with Crippen LogP contribution in [0.4, 0.5) is 5.69 Å². The van der Waals surface area contributed by atoms with Crippen LogP contribution >= 0.6 is 23.2 Å². The van der Waals surface area contributed by atoms with Gasteiger partial charge < -0.3 is 5.32 Å². The molecule has 1 aliphatic rings. The van der Waals surface area contributed by atoms with Gasteiger partial charge in [-0.1, -0.05) is 48.0 Å². The van der Waals surface area contributed by atoms with Crippen LogP contribution in [0.2, 0.25) is 10.0 Å². The highest BCUT2D eigenvalue weighted by Crippen LogP contribution is 2.54. The Morgan fingerprint density at radius 3 is 2.52 bits per heavy atom. The molecule has 0 saturated heterocycles. The molecule has 0 heterocycles. The van der Waals surface area contributed by atoms with Gasteiger partial charge in [0.25, 0.3) is 5.91 Å². The molecule has 2 aromatic carbocycles. The van der Waals surface area contributed by atoms with Crippen LogP contribution in [0.5, 0.6) is 0 Å². The number of amides is 1. The van der Waals surface area contributed by atoms with Crippen LogP contribution in [0.3, 0.4) is 0 Å². The van der Waals surface area contributed by atoms with Gasteiger partial charge in [-0.05, 0) is 49.1 Å². The minimum absolute atomic E-state index is 0.0882. The first-order valence-electron chi connectivity index (χ1n) is 7.89. The molecular weight excluding hydrogens is 355 g/mol. The summed E-state index contributed by atoms with van der Waals surface area (Å²) in [6.45, 7) is 3.95. The van der Waals surface area contributed by atoms with Gasteiger partial charge in [-0.15, -0.1) is 0 Å². The van der Waals surface area contributed by atoms with Crippen LogP contribution < -0.4 is 5.32 Å². The number of nitrogens with one attached hydrogen (secondary N) is 1. The fourth-order valence-electron chi connectivity index (χ4n) is 2.98. The molecule has 0 spiro atoms. The van der Waals surface area contributed by atoms with Crippen molar-refractivity contribution in [3.05, 3.63) is 75.8 Å². The highest BCUT2D eigenvalue weighted by atomic mass is 35.5. The third kappa shape index (κ3) is 3.71. The number of carbonyl (C=O) groups excluding carboxylic acids is 1. The second-order valence-corrected chi connectivity index (χ2v) is 7.12. The highest BCUT2D eigenvalue weighted by Gasteiger charge is 2.46. The largest absolute Gasteiger partial charge is 0.322 e. The van der Waals surface area contributed by atoms with E-state index in [0.717, 1.165) is 23.4 Å². The molecule has 1 fully saturated rings. The standard InChI is InChI=1S/C20H16Cl2N2O/c1-13(11-20(8-9-20)16-4-2-3-5-17(16)21)19(25)24-15-7-6-14(12-23)18(22)10-15/h2-7,10H,1,8-9,11H2,(H,24,25). The molecule has 1 aliphatic carbocycles. The van der Waals surface area contributed by atoms with Crippen LogP contribution in [0.15, 0.2) is 54.6 Å². The summed E-state index contributed by atoms with van der Waals surface area (Å²) in [6.07, 6.45) is 2.55. The zero-order valence-corrected chi connectivity index (χ0v) is 15.0. The average molecular weight is 371 g/mol. The lowest BCUT2D eigenvalue weighted by Gasteiger charge is -2.18. The van der Waals surface area contributed by atoms with Crippen LogP contribution in [0.25, 0.3) is 0 Å². The Morgan fingerprint density at radius 2 is 1.92 bits per heavy atom. The van der Waals surface area contributed by atoms with Crippen molar-refractivity contribution in [1.82, 2.24) is 0 Å². The number of nitrogens with zero attached hydrogens (tertiary/aromatic N) is 1. The topological polar surface area (TPSA) is 52.9 Å². The molecule has 25 heavy (non-hydrogen) atoms. The number of rotatable bonds is 5. The Morgan fingerprint density at radius 1 is 1.20 bits per heavy atom. The molecule has 1 amide bonds. The molecule has 1 N–H and O–H groups in total.